The summed E-state index contributed by atoms with van der Waals surface area (Å²) in [6.07, 6.45) is 0.516. The summed E-state index contributed by atoms with van der Waals surface area (Å²) in [5, 5.41) is 9.68. The summed E-state index contributed by atoms with van der Waals surface area (Å²) in [5.74, 6) is 0.0715. The van der Waals surface area contributed by atoms with Gasteiger partial charge in [0.25, 0.3) is 0 Å². The predicted molar refractivity (Wildman–Crippen MR) is 80.4 cm³/mol. The molecule has 114 valence electrons. The van der Waals surface area contributed by atoms with E-state index in [9.17, 15) is 9.50 Å². The highest BCUT2D eigenvalue weighted by Crippen LogP contribution is 2.29. The van der Waals surface area contributed by atoms with Gasteiger partial charge in [-0.3, -0.25) is 0 Å². The van der Waals surface area contributed by atoms with Crippen LogP contribution in [-0.2, 0) is 10.3 Å². The van der Waals surface area contributed by atoms with Crippen LogP contribution in [0.15, 0.2) is 18.2 Å². The maximum atomic E-state index is 14.2. The fourth-order valence-electron chi connectivity index (χ4n) is 2.01. The fourth-order valence-corrected chi connectivity index (χ4v) is 2.01. The van der Waals surface area contributed by atoms with Crippen LogP contribution in [0.25, 0.3) is 0 Å². The average Bonchev–Trinajstić information content (AvgIpc) is 2.26. The van der Waals surface area contributed by atoms with Crippen LogP contribution in [0.4, 0.5) is 4.39 Å². The van der Waals surface area contributed by atoms with Gasteiger partial charge in [0.05, 0.1) is 17.8 Å². The van der Waals surface area contributed by atoms with Crippen LogP contribution >= 0.6 is 0 Å². The number of aliphatic hydroxyl groups is 1. The van der Waals surface area contributed by atoms with Crippen molar-refractivity contribution in [1.29, 1.82) is 0 Å². The molecule has 1 rings (SSSR count). The van der Waals surface area contributed by atoms with E-state index in [1.54, 1.807) is 26.0 Å². The summed E-state index contributed by atoms with van der Waals surface area (Å²) in [6.45, 7) is 11.7. The molecule has 0 heterocycles. The lowest BCUT2D eigenvalue weighted by atomic mass is 9.93. The van der Waals surface area contributed by atoms with Crippen LogP contribution in [0, 0.1) is 5.82 Å². The molecule has 0 aliphatic carbocycles. The van der Waals surface area contributed by atoms with Crippen LogP contribution < -0.4 is 0 Å². The summed E-state index contributed by atoms with van der Waals surface area (Å²) in [4.78, 5) is 0. The molecular formula is C17H27FO2. The molecule has 0 radical (unpaired) electrons. The lowest BCUT2D eigenvalue weighted by Crippen LogP contribution is -2.28. The van der Waals surface area contributed by atoms with Gasteiger partial charge < -0.3 is 9.84 Å². The van der Waals surface area contributed by atoms with Gasteiger partial charge in [0.15, 0.2) is 0 Å². The molecule has 0 aliphatic heterocycles. The summed E-state index contributed by atoms with van der Waals surface area (Å²) in [7, 11) is 0. The highest BCUT2D eigenvalue weighted by Gasteiger charge is 2.26. The van der Waals surface area contributed by atoms with E-state index < -0.39 is 11.2 Å². The number of hydrogen-bond donors (Lipinski definition) is 1. The molecule has 1 aromatic carbocycles. The third-order valence-electron chi connectivity index (χ3n) is 3.49. The van der Waals surface area contributed by atoms with Crippen LogP contribution in [-0.4, -0.2) is 17.3 Å². The molecule has 0 saturated heterocycles. The zero-order valence-corrected chi connectivity index (χ0v) is 13.5. The standard InChI is InChI=1S/C17H27FO2/c1-12(2)13-7-8-14(15(18)11-13)17(5,6)20-10-9-16(3,4)19/h7-8,11-12,19H,9-10H2,1-6H3. The normalized spacial score (nSPS) is 13.1. The van der Waals surface area contributed by atoms with Gasteiger partial charge in [-0.25, -0.2) is 4.39 Å². The first-order valence-corrected chi connectivity index (χ1v) is 7.19. The quantitative estimate of drug-likeness (QED) is 0.840. The minimum Gasteiger partial charge on any atom is -0.390 e. The highest BCUT2D eigenvalue weighted by molar-refractivity contribution is 5.29. The van der Waals surface area contributed by atoms with E-state index in [1.165, 1.54) is 0 Å². The summed E-state index contributed by atoms with van der Waals surface area (Å²) < 4.78 is 20.0. The van der Waals surface area contributed by atoms with Crippen molar-refractivity contribution >= 4 is 0 Å². The molecular weight excluding hydrogens is 255 g/mol. The maximum absolute atomic E-state index is 14.2. The Hall–Kier alpha value is -0.930. The van der Waals surface area contributed by atoms with E-state index in [2.05, 4.69) is 0 Å². The second kappa shape index (κ2) is 6.23. The maximum Gasteiger partial charge on any atom is 0.129 e. The SMILES string of the molecule is CC(C)c1ccc(C(C)(C)OCCC(C)(C)O)c(F)c1. The Kier molecular flexibility index (Phi) is 5.33. The third-order valence-corrected chi connectivity index (χ3v) is 3.49. The van der Waals surface area contributed by atoms with E-state index in [0.29, 0.717) is 24.5 Å². The Labute approximate surface area is 122 Å². The Morgan fingerprint density at radius 1 is 1.20 bits per heavy atom. The first-order chi connectivity index (χ1) is 9.03. The molecule has 3 heteroatoms. The molecule has 0 spiro atoms. The van der Waals surface area contributed by atoms with E-state index in [4.69, 9.17) is 4.74 Å². The van der Waals surface area contributed by atoms with E-state index in [-0.39, 0.29) is 5.82 Å². The van der Waals surface area contributed by atoms with Crippen molar-refractivity contribution in [2.24, 2.45) is 0 Å². The van der Waals surface area contributed by atoms with Gasteiger partial charge in [0.1, 0.15) is 5.82 Å². The Morgan fingerprint density at radius 3 is 2.25 bits per heavy atom. The van der Waals surface area contributed by atoms with Crippen molar-refractivity contribution in [3.63, 3.8) is 0 Å². The monoisotopic (exact) mass is 282 g/mol. The van der Waals surface area contributed by atoms with Gasteiger partial charge in [-0.15, -0.1) is 0 Å². The Bertz CT molecular complexity index is 445. The lowest BCUT2D eigenvalue weighted by Gasteiger charge is -2.28. The molecule has 2 nitrogen and oxygen atoms in total. The minimum atomic E-state index is -0.768. The van der Waals surface area contributed by atoms with Gasteiger partial charge in [-0.1, -0.05) is 26.0 Å². The zero-order valence-electron chi connectivity index (χ0n) is 13.5. The summed E-state index contributed by atoms with van der Waals surface area (Å²) >= 11 is 0. The summed E-state index contributed by atoms with van der Waals surface area (Å²) in [5.41, 5.74) is 0.0669. The second-order valence-electron chi connectivity index (χ2n) is 6.82. The van der Waals surface area contributed by atoms with Gasteiger partial charge >= 0.3 is 0 Å². The minimum absolute atomic E-state index is 0.232. The smallest absolute Gasteiger partial charge is 0.129 e. The van der Waals surface area contributed by atoms with Crippen LogP contribution in [0.2, 0.25) is 0 Å². The van der Waals surface area contributed by atoms with Gasteiger partial charge in [-0.05, 0) is 51.7 Å². The van der Waals surface area contributed by atoms with Crippen LogP contribution in [0.5, 0.6) is 0 Å². The molecule has 0 saturated carbocycles. The van der Waals surface area contributed by atoms with Gasteiger partial charge in [0, 0.05) is 5.56 Å². The number of halogens is 1. The number of hydrogen-bond acceptors (Lipinski definition) is 2. The molecule has 0 aliphatic rings. The van der Waals surface area contributed by atoms with Crippen molar-refractivity contribution in [2.45, 2.75) is 65.1 Å². The predicted octanol–water partition coefficient (Wildman–Crippen LogP) is 4.36. The molecule has 0 fully saturated rings. The molecule has 0 unspecified atom stereocenters. The first kappa shape index (κ1) is 17.1. The molecule has 0 aromatic heterocycles. The molecule has 1 aromatic rings. The number of ether oxygens (including phenoxy) is 1. The Balaban J connectivity index is 2.81. The number of rotatable bonds is 6. The topological polar surface area (TPSA) is 29.5 Å². The molecule has 0 atom stereocenters. The summed E-state index contributed by atoms with van der Waals surface area (Å²) in [6, 6.07) is 5.33. The van der Waals surface area contributed by atoms with Crippen molar-refractivity contribution < 1.29 is 14.2 Å². The molecule has 20 heavy (non-hydrogen) atoms. The fraction of sp³-hybridized carbons (Fsp3) is 0.647. The zero-order chi connectivity index (χ0) is 15.6. The second-order valence-corrected chi connectivity index (χ2v) is 6.82. The van der Waals surface area contributed by atoms with Crippen molar-refractivity contribution in [2.75, 3.05) is 6.61 Å². The van der Waals surface area contributed by atoms with E-state index >= 15 is 0 Å². The highest BCUT2D eigenvalue weighted by atomic mass is 19.1. The van der Waals surface area contributed by atoms with Crippen molar-refractivity contribution in [3.05, 3.63) is 35.1 Å². The molecule has 0 bridgehead atoms. The largest absolute Gasteiger partial charge is 0.390 e. The van der Waals surface area contributed by atoms with Crippen LogP contribution in [0.3, 0.4) is 0 Å². The molecule has 1 N–H and O–H groups in total. The third kappa shape index (κ3) is 4.88. The van der Waals surface area contributed by atoms with Gasteiger partial charge in [0.2, 0.25) is 0 Å². The van der Waals surface area contributed by atoms with E-state index in [1.807, 2.05) is 33.8 Å². The lowest BCUT2D eigenvalue weighted by molar-refractivity contribution is -0.0510. The van der Waals surface area contributed by atoms with Gasteiger partial charge in [-0.2, -0.15) is 0 Å². The van der Waals surface area contributed by atoms with E-state index in [0.717, 1.165) is 5.56 Å². The Morgan fingerprint density at radius 2 is 1.80 bits per heavy atom. The first-order valence-electron chi connectivity index (χ1n) is 7.19. The average molecular weight is 282 g/mol. The van der Waals surface area contributed by atoms with Crippen molar-refractivity contribution in [3.8, 4) is 0 Å². The molecule has 0 amide bonds. The van der Waals surface area contributed by atoms with Crippen molar-refractivity contribution in [1.82, 2.24) is 0 Å². The van der Waals surface area contributed by atoms with Crippen LogP contribution in [0.1, 0.15) is 65.0 Å². The number of benzene rings is 1.